The van der Waals surface area contributed by atoms with Crippen molar-refractivity contribution in [3.8, 4) is 0 Å². The molecule has 2 amide bonds. The maximum Gasteiger partial charge on any atom is 0.323 e. The first-order valence-corrected chi connectivity index (χ1v) is 6.86. The molecule has 0 spiro atoms. The largest absolute Gasteiger partial charge is 0.323 e. The number of hydrogen-bond donors (Lipinski definition) is 2. The number of nitrogens with one attached hydrogen (secondary N) is 2. The second-order valence-corrected chi connectivity index (χ2v) is 5.09. The van der Waals surface area contributed by atoms with Crippen LogP contribution in [0.4, 0.5) is 27.5 Å². The van der Waals surface area contributed by atoms with E-state index in [9.17, 15) is 25.0 Å². The fraction of sp³-hybridized carbons (Fsp3) is 0.133. The Bertz CT molecular complexity index is 767. The molecule has 0 aliphatic carbocycles. The van der Waals surface area contributed by atoms with Crippen molar-refractivity contribution in [2.75, 3.05) is 10.6 Å². The predicted octanol–water partition coefficient (Wildman–Crippen LogP) is 3.76. The van der Waals surface area contributed by atoms with Crippen LogP contribution in [-0.4, -0.2) is 15.9 Å². The summed E-state index contributed by atoms with van der Waals surface area (Å²) in [6, 6.07) is 7.55. The van der Waals surface area contributed by atoms with Crippen molar-refractivity contribution in [1.82, 2.24) is 0 Å². The molecule has 9 heteroatoms. The molecule has 24 heavy (non-hydrogen) atoms. The molecule has 9 nitrogen and oxygen atoms in total. The Morgan fingerprint density at radius 1 is 0.833 bits per heavy atom. The van der Waals surface area contributed by atoms with E-state index >= 15 is 0 Å². The molecule has 0 aliphatic heterocycles. The summed E-state index contributed by atoms with van der Waals surface area (Å²) in [5.41, 5.74) is 1.55. The molecule has 0 saturated carbocycles. The van der Waals surface area contributed by atoms with Crippen molar-refractivity contribution in [2.45, 2.75) is 13.8 Å². The molecule has 0 unspecified atom stereocenters. The van der Waals surface area contributed by atoms with Gasteiger partial charge in [-0.2, -0.15) is 0 Å². The summed E-state index contributed by atoms with van der Waals surface area (Å²) in [5, 5.41) is 26.6. The molecule has 2 N–H and O–H groups in total. The van der Waals surface area contributed by atoms with Gasteiger partial charge in [0.25, 0.3) is 11.4 Å². The highest BCUT2D eigenvalue weighted by atomic mass is 16.6. The minimum Gasteiger partial charge on any atom is -0.307 e. The summed E-state index contributed by atoms with van der Waals surface area (Å²) in [4.78, 5) is 32.6. The van der Waals surface area contributed by atoms with E-state index in [1.54, 1.807) is 13.8 Å². The van der Waals surface area contributed by atoms with E-state index in [-0.39, 0.29) is 22.7 Å². The van der Waals surface area contributed by atoms with Crippen molar-refractivity contribution >= 4 is 28.8 Å². The van der Waals surface area contributed by atoms with Gasteiger partial charge in [-0.1, -0.05) is 12.1 Å². The maximum atomic E-state index is 12.1. The molecular formula is C15H14N4O5. The molecule has 0 aromatic heterocycles. The van der Waals surface area contributed by atoms with Crippen LogP contribution in [-0.2, 0) is 0 Å². The SMILES string of the molecule is Cc1ccc([N+](=O)[O-])cc1NC(=O)Nc1cc([N+](=O)[O-])ccc1C. The number of amides is 2. The van der Waals surface area contributed by atoms with Crippen LogP contribution in [0.15, 0.2) is 36.4 Å². The number of urea groups is 1. The Morgan fingerprint density at radius 3 is 1.54 bits per heavy atom. The van der Waals surface area contributed by atoms with Gasteiger partial charge in [-0.15, -0.1) is 0 Å². The molecule has 0 saturated heterocycles. The lowest BCUT2D eigenvalue weighted by atomic mass is 10.1. The number of hydrogen-bond acceptors (Lipinski definition) is 5. The van der Waals surface area contributed by atoms with Gasteiger partial charge in [0, 0.05) is 24.3 Å². The van der Waals surface area contributed by atoms with E-state index in [1.165, 1.54) is 36.4 Å². The molecule has 0 radical (unpaired) electrons. The molecular weight excluding hydrogens is 316 g/mol. The van der Waals surface area contributed by atoms with Crippen LogP contribution in [0, 0.1) is 34.1 Å². The van der Waals surface area contributed by atoms with E-state index < -0.39 is 15.9 Å². The fourth-order valence-corrected chi connectivity index (χ4v) is 1.99. The standard InChI is InChI=1S/C15H14N4O5/c1-9-3-5-11(18(21)22)7-13(9)16-15(20)17-14-8-12(19(23)24)6-4-10(14)2/h3-8H,1-2H3,(H2,16,17,20). The molecule has 124 valence electrons. The second kappa shape index (κ2) is 6.73. The van der Waals surface area contributed by atoms with Gasteiger partial charge >= 0.3 is 6.03 Å². The lowest BCUT2D eigenvalue weighted by molar-refractivity contribution is -0.385. The highest BCUT2D eigenvalue weighted by molar-refractivity contribution is 6.01. The third kappa shape index (κ3) is 3.83. The number of anilines is 2. The Morgan fingerprint density at radius 2 is 1.21 bits per heavy atom. The van der Waals surface area contributed by atoms with E-state index in [4.69, 9.17) is 0 Å². The average molecular weight is 330 g/mol. The zero-order valence-corrected chi connectivity index (χ0v) is 12.9. The van der Waals surface area contributed by atoms with Gasteiger partial charge in [0.2, 0.25) is 0 Å². The third-order valence-corrected chi connectivity index (χ3v) is 3.36. The number of carbonyl (C=O) groups excluding carboxylic acids is 1. The van der Waals surface area contributed by atoms with E-state index in [0.29, 0.717) is 11.1 Å². The van der Waals surface area contributed by atoms with E-state index in [2.05, 4.69) is 10.6 Å². The Labute approximate surface area is 136 Å². The molecule has 2 rings (SSSR count). The third-order valence-electron chi connectivity index (χ3n) is 3.36. The van der Waals surface area contributed by atoms with Crippen LogP contribution in [0.3, 0.4) is 0 Å². The number of non-ortho nitro benzene ring substituents is 2. The van der Waals surface area contributed by atoms with Gasteiger partial charge in [0.05, 0.1) is 21.2 Å². The molecule has 2 aromatic carbocycles. The Hall–Kier alpha value is -3.49. The van der Waals surface area contributed by atoms with Crippen LogP contribution in [0.5, 0.6) is 0 Å². The summed E-state index contributed by atoms with van der Waals surface area (Å²) in [7, 11) is 0. The highest BCUT2D eigenvalue weighted by Crippen LogP contribution is 2.24. The van der Waals surface area contributed by atoms with Crippen LogP contribution in [0.25, 0.3) is 0 Å². The number of carbonyl (C=O) groups is 1. The second-order valence-electron chi connectivity index (χ2n) is 5.09. The summed E-state index contributed by atoms with van der Waals surface area (Å²) < 4.78 is 0. The number of nitrogens with zero attached hydrogens (tertiary/aromatic N) is 2. The number of benzene rings is 2. The number of rotatable bonds is 4. The topological polar surface area (TPSA) is 127 Å². The lowest BCUT2D eigenvalue weighted by Gasteiger charge is -2.11. The van der Waals surface area contributed by atoms with Crippen LogP contribution < -0.4 is 10.6 Å². The molecule has 0 atom stereocenters. The Kier molecular flexibility index (Phi) is 4.73. The first-order chi connectivity index (χ1) is 11.3. The summed E-state index contributed by atoms with van der Waals surface area (Å²) in [6.07, 6.45) is 0. The smallest absolute Gasteiger partial charge is 0.307 e. The number of nitro benzene ring substituents is 2. The van der Waals surface area contributed by atoms with E-state index in [0.717, 1.165) is 0 Å². The minimum absolute atomic E-state index is 0.151. The van der Waals surface area contributed by atoms with Crippen molar-refractivity contribution in [2.24, 2.45) is 0 Å². The zero-order chi connectivity index (χ0) is 17.9. The summed E-state index contributed by atoms with van der Waals surface area (Å²) >= 11 is 0. The molecule has 0 bridgehead atoms. The lowest BCUT2D eigenvalue weighted by Crippen LogP contribution is -2.20. The van der Waals surface area contributed by atoms with Crippen molar-refractivity contribution in [3.05, 3.63) is 67.8 Å². The van der Waals surface area contributed by atoms with E-state index in [1.807, 2.05) is 0 Å². The normalized spacial score (nSPS) is 10.1. The van der Waals surface area contributed by atoms with Gasteiger partial charge < -0.3 is 10.6 Å². The monoisotopic (exact) mass is 330 g/mol. The predicted molar refractivity (Wildman–Crippen MR) is 88.3 cm³/mol. The van der Waals surface area contributed by atoms with Gasteiger partial charge in [0.1, 0.15) is 0 Å². The molecule has 0 aliphatic rings. The van der Waals surface area contributed by atoms with Crippen LogP contribution >= 0.6 is 0 Å². The average Bonchev–Trinajstić information content (AvgIpc) is 2.51. The maximum absolute atomic E-state index is 12.1. The van der Waals surface area contributed by atoms with Gasteiger partial charge in [-0.25, -0.2) is 4.79 Å². The van der Waals surface area contributed by atoms with Crippen molar-refractivity contribution in [1.29, 1.82) is 0 Å². The van der Waals surface area contributed by atoms with Crippen LogP contribution in [0.2, 0.25) is 0 Å². The minimum atomic E-state index is -0.651. The first-order valence-electron chi connectivity index (χ1n) is 6.86. The summed E-state index contributed by atoms with van der Waals surface area (Å²) in [6.45, 7) is 3.38. The zero-order valence-electron chi connectivity index (χ0n) is 12.9. The highest BCUT2D eigenvalue weighted by Gasteiger charge is 2.13. The fourth-order valence-electron chi connectivity index (χ4n) is 1.99. The van der Waals surface area contributed by atoms with Gasteiger partial charge in [0.15, 0.2) is 0 Å². The van der Waals surface area contributed by atoms with Crippen molar-refractivity contribution < 1.29 is 14.6 Å². The summed E-state index contributed by atoms with van der Waals surface area (Å²) in [5.74, 6) is 0. The molecule has 0 fully saturated rings. The van der Waals surface area contributed by atoms with Gasteiger partial charge in [-0.05, 0) is 25.0 Å². The number of aryl methyl sites for hydroxylation is 2. The molecule has 2 aromatic rings. The number of nitro groups is 2. The van der Waals surface area contributed by atoms with Gasteiger partial charge in [-0.3, -0.25) is 20.2 Å². The quantitative estimate of drug-likeness (QED) is 0.651. The molecule has 0 heterocycles. The van der Waals surface area contributed by atoms with Crippen LogP contribution in [0.1, 0.15) is 11.1 Å². The van der Waals surface area contributed by atoms with Crippen molar-refractivity contribution in [3.63, 3.8) is 0 Å². The first kappa shape index (κ1) is 16.9. The Balaban J connectivity index is 2.20.